The van der Waals surface area contributed by atoms with Crippen LogP contribution in [-0.2, 0) is 18.9 Å². The van der Waals surface area contributed by atoms with Gasteiger partial charge in [0.05, 0.1) is 6.61 Å². The Morgan fingerprint density at radius 2 is 2.00 bits per heavy atom. The van der Waals surface area contributed by atoms with E-state index in [1.165, 1.54) is 0 Å². The average molecular weight is 305 g/mol. The summed E-state index contributed by atoms with van der Waals surface area (Å²) in [5.41, 5.74) is 0.880. The van der Waals surface area contributed by atoms with Gasteiger partial charge in [-0.3, -0.25) is 0 Å². The second-order valence-corrected chi connectivity index (χ2v) is 6.24. The first-order valence-electron chi connectivity index (χ1n) is 7.49. The minimum absolute atomic E-state index is 0.311. The normalized spacial score (nSPS) is 39.4. The molecule has 6 nitrogen and oxygen atoms in total. The van der Waals surface area contributed by atoms with E-state index in [-0.39, 0.29) is 6.10 Å². The summed E-state index contributed by atoms with van der Waals surface area (Å²) in [6.07, 6.45) is -2.14. The van der Waals surface area contributed by atoms with Crippen molar-refractivity contribution in [3.63, 3.8) is 0 Å². The van der Waals surface area contributed by atoms with Gasteiger partial charge in [-0.2, -0.15) is 0 Å². The van der Waals surface area contributed by atoms with E-state index in [1.807, 2.05) is 44.2 Å². The lowest BCUT2D eigenvalue weighted by Gasteiger charge is -2.23. The van der Waals surface area contributed by atoms with Gasteiger partial charge in [0.15, 0.2) is 5.79 Å². The molecule has 3 aliphatic heterocycles. The van der Waals surface area contributed by atoms with Crippen molar-refractivity contribution in [3.05, 3.63) is 35.9 Å². The van der Waals surface area contributed by atoms with Crippen LogP contribution in [0.25, 0.3) is 0 Å². The molecule has 0 radical (unpaired) electrons. The van der Waals surface area contributed by atoms with Crippen LogP contribution in [0.15, 0.2) is 35.3 Å². The van der Waals surface area contributed by atoms with Crippen molar-refractivity contribution in [2.24, 2.45) is 4.99 Å². The summed E-state index contributed by atoms with van der Waals surface area (Å²) in [5.74, 6) is -0.137. The molecule has 0 bridgehead atoms. The van der Waals surface area contributed by atoms with Gasteiger partial charge < -0.3 is 24.1 Å². The molecule has 5 atom stereocenters. The number of nitrogens with zero attached hydrogens (tertiary/aromatic N) is 1. The molecule has 3 heterocycles. The lowest BCUT2D eigenvalue weighted by Crippen LogP contribution is -2.40. The van der Waals surface area contributed by atoms with E-state index >= 15 is 0 Å². The lowest BCUT2D eigenvalue weighted by molar-refractivity contribution is -0.172. The van der Waals surface area contributed by atoms with Crippen LogP contribution in [-0.4, -0.2) is 54.0 Å². The van der Waals surface area contributed by atoms with E-state index in [4.69, 9.17) is 18.9 Å². The van der Waals surface area contributed by atoms with E-state index in [9.17, 15) is 5.11 Å². The predicted octanol–water partition coefficient (Wildman–Crippen LogP) is 1.07. The summed E-state index contributed by atoms with van der Waals surface area (Å²) in [4.78, 5) is 4.48. The number of rotatable bonds is 2. The first-order chi connectivity index (χ1) is 10.5. The fourth-order valence-electron chi connectivity index (χ4n) is 3.09. The zero-order valence-electron chi connectivity index (χ0n) is 12.5. The van der Waals surface area contributed by atoms with Crippen LogP contribution in [0.1, 0.15) is 19.4 Å². The Balaban J connectivity index is 1.50. The summed E-state index contributed by atoms with van der Waals surface area (Å²) in [6.45, 7) is 4.08. The second-order valence-electron chi connectivity index (χ2n) is 6.24. The highest BCUT2D eigenvalue weighted by atomic mass is 16.8. The average Bonchev–Trinajstić information content (AvgIpc) is 3.15. The minimum atomic E-state index is -0.770. The number of aliphatic hydroxyl groups excluding tert-OH is 1. The number of hydrogen-bond acceptors (Lipinski definition) is 6. The Bertz CT molecular complexity index is 587. The van der Waals surface area contributed by atoms with Crippen LogP contribution in [0.4, 0.5) is 0 Å². The van der Waals surface area contributed by atoms with Crippen molar-refractivity contribution in [1.29, 1.82) is 0 Å². The third-order valence-corrected chi connectivity index (χ3v) is 4.17. The van der Waals surface area contributed by atoms with E-state index in [0.717, 1.165) is 5.56 Å². The highest BCUT2D eigenvalue weighted by Gasteiger charge is 2.54. The summed E-state index contributed by atoms with van der Waals surface area (Å²) >= 11 is 0. The molecule has 1 N–H and O–H groups in total. The maximum absolute atomic E-state index is 10.5. The van der Waals surface area contributed by atoms with Crippen molar-refractivity contribution < 1.29 is 24.1 Å². The third-order valence-electron chi connectivity index (χ3n) is 4.17. The summed E-state index contributed by atoms with van der Waals surface area (Å²) in [6, 6.07) is 9.18. The standard InChI is InChI=1S/C16H19NO5/c1-16(2)19-8-10(22-16)13-12(18)11-15(20-13)21-14(17-11)9-6-4-3-5-7-9/h3-7,10-13,15,18H,8H2,1-2H3/t10-,11-,12-,13-,15-/m1/s1. The quantitative estimate of drug-likeness (QED) is 0.885. The van der Waals surface area contributed by atoms with Gasteiger partial charge in [-0.15, -0.1) is 0 Å². The topological polar surface area (TPSA) is 69.5 Å². The Hall–Kier alpha value is -1.47. The zero-order valence-corrected chi connectivity index (χ0v) is 12.5. The Labute approximate surface area is 128 Å². The molecule has 2 fully saturated rings. The highest BCUT2D eigenvalue weighted by molar-refractivity contribution is 5.95. The molecular formula is C16H19NO5. The molecule has 0 aromatic heterocycles. The lowest BCUT2D eigenvalue weighted by atomic mass is 10.1. The first-order valence-corrected chi connectivity index (χ1v) is 7.49. The highest BCUT2D eigenvalue weighted by Crippen LogP contribution is 2.36. The summed E-state index contributed by atoms with van der Waals surface area (Å²) in [7, 11) is 0. The van der Waals surface area contributed by atoms with Crippen molar-refractivity contribution in [3.8, 4) is 0 Å². The largest absolute Gasteiger partial charge is 0.445 e. The van der Waals surface area contributed by atoms with Gasteiger partial charge in [-0.05, 0) is 26.0 Å². The molecule has 1 aromatic carbocycles. The van der Waals surface area contributed by atoms with Gasteiger partial charge in [-0.25, -0.2) is 4.99 Å². The number of aliphatic hydroxyl groups is 1. The molecule has 2 saturated heterocycles. The molecule has 4 rings (SSSR count). The maximum Gasteiger partial charge on any atom is 0.227 e. The predicted molar refractivity (Wildman–Crippen MR) is 77.4 cm³/mol. The van der Waals surface area contributed by atoms with Crippen LogP contribution in [0, 0.1) is 0 Å². The molecule has 0 spiro atoms. The van der Waals surface area contributed by atoms with E-state index in [0.29, 0.717) is 12.5 Å². The van der Waals surface area contributed by atoms with Crippen LogP contribution in [0.5, 0.6) is 0 Å². The van der Waals surface area contributed by atoms with Crippen molar-refractivity contribution >= 4 is 5.90 Å². The molecule has 6 heteroatoms. The number of benzene rings is 1. The molecular weight excluding hydrogens is 286 g/mol. The number of ether oxygens (including phenoxy) is 4. The Morgan fingerprint density at radius 3 is 2.64 bits per heavy atom. The SMILES string of the molecule is CC1(C)OC[C@H]([C@H]2O[C@@H]3OC(c4ccccc4)=N[C@@H]3[C@H]2O)O1. The Morgan fingerprint density at radius 1 is 1.23 bits per heavy atom. The van der Waals surface area contributed by atoms with Crippen molar-refractivity contribution in [2.45, 2.75) is 50.3 Å². The number of aliphatic imine (C=N–C) groups is 1. The van der Waals surface area contributed by atoms with Crippen LogP contribution >= 0.6 is 0 Å². The van der Waals surface area contributed by atoms with Gasteiger partial charge in [0.1, 0.15) is 24.4 Å². The maximum atomic E-state index is 10.5. The van der Waals surface area contributed by atoms with E-state index in [2.05, 4.69) is 4.99 Å². The van der Waals surface area contributed by atoms with Crippen LogP contribution in [0.2, 0.25) is 0 Å². The summed E-state index contributed by atoms with van der Waals surface area (Å²) in [5, 5.41) is 10.5. The van der Waals surface area contributed by atoms with Gasteiger partial charge in [-0.1, -0.05) is 18.2 Å². The van der Waals surface area contributed by atoms with Gasteiger partial charge in [0.25, 0.3) is 0 Å². The molecule has 0 aliphatic carbocycles. The fourth-order valence-corrected chi connectivity index (χ4v) is 3.09. The Kier molecular flexibility index (Phi) is 3.23. The molecule has 0 saturated carbocycles. The van der Waals surface area contributed by atoms with Crippen LogP contribution < -0.4 is 0 Å². The monoisotopic (exact) mass is 305 g/mol. The van der Waals surface area contributed by atoms with Gasteiger partial charge in [0.2, 0.25) is 12.2 Å². The fraction of sp³-hybridized carbons (Fsp3) is 0.562. The number of fused-ring (bicyclic) bond motifs is 1. The zero-order chi connectivity index (χ0) is 15.3. The molecule has 22 heavy (non-hydrogen) atoms. The molecule has 118 valence electrons. The first kappa shape index (κ1) is 14.1. The molecule has 0 amide bonds. The summed E-state index contributed by atoms with van der Waals surface area (Å²) < 4.78 is 22.9. The minimum Gasteiger partial charge on any atom is -0.445 e. The third kappa shape index (κ3) is 2.32. The van der Waals surface area contributed by atoms with Crippen molar-refractivity contribution in [1.82, 2.24) is 0 Å². The molecule has 3 aliphatic rings. The van der Waals surface area contributed by atoms with Gasteiger partial charge >= 0.3 is 0 Å². The van der Waals surface area contributed by atoms with E-state index in [1.54, 1.807) is 0 Å². The van der Waals surface area contributed by atoms with E-state index < -0.39 is 30.3 Å². The molecule has 1 aromatic rings. The smallest absolute Gasteiger partial charge is 0.227 e. The van der Waals surface area contributed by atoms with Crippen LogP contribution in [0.3, 0.4) is 0 Å². The van der Waals surface area contributed by atoms with Gasteiger partial charge in [0, 0.05) is 5.56 Å². The molecule has 0 unspecified atom stereocenters. The van der Waals surface area contributed by atoms with Crippen molar-refractivity contribution in [2.75, 3.05) is 6.61 Å². The second kappa shape index (κ2) is 5.03. The number of hydrogen-bond donors (Lipinski definition) is 1.